The third kappa shape index (κ3) is 2.02. The van der Waals surface area contributed by atoms with Crippen molar-refractivity contribution in [2.45, 2.75) is 6.54 Å². The minimum Gasteiger partial charge on any atom is -0.325 e. The van der Waals surface area contributed by atoms with Gasteiger partial charge in [0, 0.05) is 17.5 Å². The quantitative estimate of drug-likeness (QED) is 0.879. The zero-order valence-corrected chi connectivity index (χ0v) is 9.28. The first-order chi connectivity index (χ1) is 7.22. The van der Waals surface area contributed by atoms with Gasteiger partial charge in [-0.2, -0.15) is 0 Å². The third-order valence-electron chi connectivity index (χ3n) is 1.94. The number of aromatic nitrogens is 1. The minimum absolute atomic E-state index is 0.108. The Bertz CT molecular complexity index is 484. The van der Waals surface area contributed by atoms with Gasteiger partial charge in [0.05, 0.1) is 10.7 Å². The number of nitrogens with two attached hydrogens (primary N) is 1. The van der Waals surface area contributed by atoms with Crippen molar-refractivity contribution in [3.63, 3.8) is 0 Å². The van der Waals surface area contributed by atoms with Crippen molar-refractivity contribution in [3.8, 4) is 10.6 Å². The standard InChI is InChI=1S/C10H8ClFN2S/c11-8-3-1-2-7(9(8)12)10-14-6(4-13)5-15-10/h1-3,5H,4,13H2. The smallest absolute Gasteiger partial charge is 0.152 e. The second-order valence-corrected chi connectivity index (χ2v) is 4.21. The van der Waals surface area contributed by atoms with E-state index in [-0.39, 0.29) is 5.02 Å². The van der Waals surface area contributed by atoms with Crippen LogP contribution in [-0.4, -0.2) is 4.98 Å². The maximum atomic E-state index is 13.6. The molecule has 0 amide bonds. The monoisotopic (exact) mass is 242 g/mol. The van der Waals surface area contributed by atoms with Gasteiger partial charge in [0.15, 0.2) is 5.82 Å². The van der Waals surface area contributed by atoms with Crippen molar-refractivity contribution >= 4 is 22.9 Å². The van der Waals surface area contributed by atoms with Crippen LogP contribution in [0.4, 0.5) is 4.39 Å². The van der Waals surface area contributed by atoms with Gasteiger partial charge in [0.2, 0.25) is 0 Å². The molecule has 78 valence electrons. The molecular formula is C10H8ClFN2S. The zero-order chi connectivity index (χ0) is 10.8. The third-order valence-corrected chi connectivity index (χ3v) is 3.16. The Morgan fingerprint density at radius 1 is 1.47 bits per heavy atom. The fraction of sp³-hybridized carbons (Fsp3) is 0.100. The summed E-state index contributed by atoms with van der Waals surface area (Å²) in [7, 11) is 0. The molecule has 2 N–H and O–H groups in total. The molecule has 2 nitrogen and oxygen atoms in total. The Hall–Kier alpha value is -0.970. The predicted molar refractivity (Wildman–Crippen MR) is 60.4 cm³/mol. The van der Waals surface area contributed by atoms with Gasteiger partial charge in [-0.25, -0.2) is 9.37 Å². The van der Waals surface area contributed by atoms with E-state index in [1.807, 2.05) is 5.38 Å². The maximum Gasteiger partial charge on any atom is 0.152 e. The lowest BCUT2D eigenvalue weighted by atomic mass is 10.2. The van der Waals surface area contributed by atoms with Gasteiger partial charge in [0.1, 0.15) is 5.01 Å². The van der Waals surface area contributed by atoms with Crippen LogP contribution in [0.3, 0.4) is 0 Å². The summed E-state index contributed by atoms with van der Waals surface area (Å²) in [5, 5.41) is 2.53. The van der Waals surface area contributed by atoms with E-state index in [0.717, 1.165) is 5.69 Å². The molecule has 0 spiro atoms. The Morgan fingerprint density at radius 3 is 2.93 bits per heavy atom. The van der Waals surface area contributed by atoms with Gasteiger partial charge < -0.3 is 5.73 Å². The summed E-state index contributed by atoms with van der Waals surface area (Å²) in [6.07, 6.45) is 0. The van der Waals surface area contributed by atoms with Crippen molar-refractivity contribution in [1.29, 1.82) is 0 Å². The van der Waals surface area contributed by atoms with E-state index < -0.39 is 5.82 Å². The second kappa shape index (κ2) is 4.26. The first-order valence-corrected chi connectivity index (χ1v) is 5.57. The molecule has 0 unspecified atom stereocenters. The van der Waals surface area contributed by atoms with Crippen LogP contribution in [0.15, 0.2) is 23.6 Å². The second-order valence-electron chi connectivity index (χ2n) is 2.95. The van der Waals surface area contributed by atoms with Gasteiger partial charge in [-0.1, -0.05) is 17.7 Å². The lowest BCUT2D eigenvalue weighted by molar-refractivity contribution is 0.631. The van der Waals surface area contributed by atoms with Crippen LogP contribution < -0.4 is 5.73 Å². The van der Waals surface area contributed by atoms with E-state index in [2.05, 4.69) is 4.98 Å². The molecule has 5 heteroatoms. The van der Waals surface area contributed by atoms with E-state index in [9.17, 15) is 4.39 Å². The van der Waals surface area contributed by atoms with Crippen molar-refractivity contribution in [2.24, 2.45) is 5.73 Å². The van der Waals surface area contributed by atoms with Crippen molar-refractivity contribution < 1.29 is 4.39 Å². The Morgan fingerprint density at radius 2 is 2.27 bits per heavy atom. The van der Waals surface area contributed by atoms with Crippen LogP contribution in [0.2, 0.25) is 5.02 Å². The summed E-state index contributed by atoms with van der Waals surface area (Å²) in [5.74, 6) is -0.433. The number of nitrogens with zero attached hydrogens (tertiary/aromatic N) is 1. The molecule has 0 bridgehead atoms. The van der Waals surface area contributed by atoms with Crippen molar-refractivity contribution in [3.05, 3.63) is 40.1 Å². The average Bonchev–Trinajstić information content (AvgIpc) is 2.70. The summed E-state index contributed by atoms with van der Waals surface area (Å²) in [6.45, 7) is 0.360. The Balaban J connectivity index is 2.49. The number of benzene rings is 1. The molecule has 15 heavy (non-hydrogen) atoms. The fourth-order valence-corrected chi connectivity index (χ4v) is 2.22. The van der Waals surface area contributed by atoms with Crippen LogP contribution in [-0.2, 0) is 6.54 Å². The molecule has 0 fully saturated rings. The van der Waals surface area contributed by atoms with Gasteiger partial charge in [0.25, 0.3) is 0 Å². The molecule has 0 saturated carbocycles. The SMILES string of the molecule is NCc1csc(-c2cccc(Cl)c2F)n1. The summed E-state index contributed by atoms with van der Waals surface area (Å²) >= 11 is 7.04. The van der Waals surface area contributed by atoms with Gasteiger partial charge in [-0.05, 0) is 12.1 Å². The number of thiazole rings is 1. The number of halogens is 2. The predicted octanol–water partition coefficient (Wildman–Crippen LogP) is 3.06. The van der Waals surface area contributed by atoms with E-state index in [4.69, 9.17) is 17.3 Å². The molecule has 2 rings (SSSR count). The lowest BCUT2D eigenvalue weighted by Crippen LogP contribution is -1.96. The van der Waals surface area contributed by atoms with Crippen LogP contribution in [0.1, 0.15) is 5.69 Å². The van der Waals surface area contributed by atoms with Gasteiger partial charge in [-0.3, -0.25) is 0 Å². The first-order valence-electron chi connectivity index (χ1n) is 4.31. The van der Waals surface area contributed by atoms with Crippen molar-refractivity contribution in [2.75, 3.05) is 0 Å². The van der Waals surface area contributed by atoms with E-state index in [0.29, 0.717) is 17.1 Å². The molecule has 0 aliphatic carbocycles. The highest BCUT2D eigenvalue weighted by molar-refractivity contribution is 7.13. The maximum absolute atomic E-state index is 13.6. The van der Waals surface area contributed by atoms with Crippen LogP contribution in [0.25, 0.3) is 10.6 Å². The fourth-order valence-electron chi connectivity index (χ4n) is 1.19. The van der Waals surface area contributed by atoms with Crippen LogP contribution in [0, 0.1) is 5.82 Å². The average molecular weight is 243 g/mol. The number of hydrogen-bond acceptors (Lipinski definition) is 3. The molecule has 0 aliphatic heterocycles. The van der Waals surface area contributed by atoms with Gasteiger partial charge >= 0.3 is 0 Å². The molecule has 1 heterocycles. The highest BCUT2D eigenvalue weighted by Crippen LogP contribution is 2.29. The topological polar surface area (TPSA) is 38.9 Å². The Kier molecular flexibility index (Phi) is 3.00. The normalized spacial score (nSPS) is 10.6. The lowest BCUT2D eigenvalue weighted by Gasteiger charge is -1.99. The molecule has 1 aromatic heterocycles. The summed E-state index contributed by atoms with van der Waals surface area (Å²) in [6, 6.07) is 4.86. The van der Waals surface area contributed by atoms with Crippen molar-refractivity contribution in [1.82, 2.24) is 4.98 Å². The largest absolute Gasteiger partial charge is 0.325 e. The minimum atomic E-state index is -0.433. The highest BCUT2D eigenvalue weighted by Gasteiger charge is 2.11. The summed E-state index contributed by atoms with van der Waals surface area (Å²) < 4.78 is 13.6. The summed E-state index contributed by atoms with van der Waals surface area (Å²) in [4.78, 5) is 4.20. The van der Waals surface area contributed by atoms with E-state index >= 15 is 0 Å². The Labute approximate surface area is 95.5 Å². The molecule has 2 aromatic rings. The van der Waals surface area contributed by atoms with Crippen LogP contribution in [0.5, 0.6) is 0 Å². The van der Waals surface area contributed by atoms with Crippen LogP contribution >= 0.6 is 22.9 Å². The number of hydrogen-bond donors (Lipinski definition) is 1. The molecule has 0 atom stereocenters. The van der Waals surface area contributed by atoms with E-state index in [1.165, 1.54) is 17.4 Å². The number of rotatable bonds is 2. The van der Waals surface area contributed by atoms with E-state index in [1.54, 1.807) is 12.1 Å². The van der Waals surface area contributed by atoms with Gasteiger partial charge in [-0.15, -0.1) is 11.3 Å². The molecule has 0 radical (unpaired) electrons. The summed E-state index contributed by atoms with van der Waals surface area (Å²) in [5.41, 5.74) is 6.62. The first kappa shape index (κ1) is 10.5. The molecular weight excluding hydrogens is 235 g/mol. The molecule has 0 saturated heterocycles. The molecule has 1 aromatic carbocycles. The highest BCUT2D eigenvalue weighted by atomic mass is 35.5. The molecule has 0 aliphatic rings. The zero-order valence-electron chi connectivity index (χ0n) is 7.71.